The second-order valence-electron chi connectivity index (χ2n) is 6.22. The topological polar surface area (TPSA) is 64.1 Å². The minimum absolute atomic E-state index is 0.0112. The summed E-state index contributed by atoms with van der Waals surface area (Å²) in [5, 5.41) is 0. The molecule has 7 heteroatoms. The number of hydrogen-bond donors (Lipinski definition) is 0. The molecule has 0 bridgehead atoms. The molecular weight excluding hydrogens is 346 g/mol. The lowest BCUT2D eigenvalue weighted by Crippen LogP contribution is -2.50. The molecule has 0 spiro atoms. The number of aromatic nitrogens is 1. The van der Waals surface area contributed by atoms with Gasteiger partial charge in [-0.15, -0.1) is 0 Å². The molecule has 7 nitrogen and oxygen atoms in total. The summed E-state index contributed by atoms with van der Waals surface area (Å²) in [7, 11) is 1.62. The maximum Gasteiger partial charge on any atom is 0.260 e. The van der Waals surface area contributed by atoms with Crippen molar-refractivity contribution in [1.29, 1.82) is 0 Å². The van der Waals surface area contributed by atoms with E-state index in [1.165, 1.54) is 0 Å². The summed E-state index contributed by atoms with van der Waals surface area (Å²) in [6.07, 6.45) is 3.43. The number of nitrogens with zero attached hydrogens (tertiary/aromatic N) is 3. The normalized spacial score (nSPS) is 14.6. The van der Waals surface area contributed by atoms with Crippen molar-refractivity contribution in [1.82, 2.24) is 14.8 Å². The Hall–Kier alpha value is -2.80. The van der Waals surface area contributed by atoms with Gasteiger partial charge in [0.05, 0.1) is 13.3 Å². The Morgan fingerprint density at radius 3 is 2.41 bits per heavy atom. The first-order valence-corrected chi connectivity index (χ1v) is 9.04. The molecule has 144 valence electrons. The predicted molar refractivity (Wildman–Crippen MR) is 101 cm³/mol. The Morgan fingerprint density at radius 1 is 1.00 bits per heavy atom. The van der Waals surface area contributed by atoms with E-state index in [0.29, 0.717) is 25.4 Å². The predicted octanol–water partition coefficient (Wildman–Crippen LogP) is 1.69. The number of carbonyl (C=O) groups excluding carboxylic acids is 1. The Morgan fingerprint density at radius 2 is 1.74 bits per heavy atom. The largest absolute Gasteiger partial charge is 0.497 e. The van der Waals surface area contributed by atoms with Gasteiger partial charge in [0.2, 0.25) is 0 Å². The fraction of sp³-hybridized carbons (Fsp3) is 0.400. The molecule has 1 aliphatic heterocycles. The lowest BCUT2D eigenvalue weighted by molar-refractivity contribution is -0.135. The molecule has 2 heterocycles. The van der Waals surface area contributed by atoms with E-state index < -0.39 is 0 Å². The molecule has 0 saturated carbocycles. The van der Waals surface area contributed by atoms with Crippen molar-refractivity contribution in [2.75, 3.05) is 53.0 Å². The smallest absolute Gasteiger partial charge is 0.260 e. The van der Waals surface area contributed by atoms with Crippen LogP contribution in [-0.2, 0) is 4.79 Å². The zero-order chi connectivity index (χ0) is 18.9. The highest BCUT2D eigenvalue weighted by atomic mass is 16.5. The molecule has 1 saturated heterocycles. The van der Waals surface area contributed by atoms with Crippen LogP contribution >= 0.6 is 0 Å². The zero-order valence-electron chi connectivity index (χ0n) is 15.5. The third-order valence-electron chi connectivity index (χ3n) is 4.46. The van der Waals surface area contributed by atoms with E-state index in [-0.39, 0.29) is 12.5 Å². The van der Waals surface area contributed by atoms with Crippen LogP contribution in [0, 0.1) is 0 Å². The number of benzene rings is 1. The van der Waals surface area contributed by atoms with Crippen LogP contribution in [0.15, 0.2) is 48.8 Å². The number of methoxy groups -OCH3 is 1. The highest BCUT2D eigenvalue weighted by Gasteiger charge is 2.21. The lowest BCUT2D eigenvalue weighted by atomic mass is 10.3. The minimum atomic E-state index is 0.0112. The summed E-state index contributed by atoms with van der Waals surface area (Å²) in [4.78, 5) is 20.5. The monoisotopic (exact) mass is 371 g/mol. The quantitative estimate of drug-likeness (QED) is 0.704. The fourth-order valence-corrected chi connectivity index (χ4v) is 2.85. The van der Waals surface area contributed by atoms with Gasteiger partial charge in [-0.2, -0.15) is 0 Å². The van der Waals surface area contributed by atoms with Crippen molar-refractivity contribution in [3.05, 3.63) is 48.8 Å². The molecule has 0 unspecified atom stereocenters. The van der Waals surface area contributed by atoms with Crippen LogP contribution in [0.25, 0.3) is 0 Å². The lowest BCUT2D eigenvalue weighted by Gasteiger charge is -2.34. The number of hydrogen-bond acceptors (Lipinski definition) is 6. The molecule has 0 radical (unpaired) electrons. The van der Waals surface area contributed by atoms with E-state index in [0.717, 1.165) is 31.1 Å². The van der Waals surface area contributed by atoms with Crippen LogP contribution in [0.3, 0.4) is 0 Å². The van der Waals surface area contributed by atoms with Crippen molar-refractivity contribution >= 4 is 5.91 Å². The SMILES string of the molecule is COc1ccc(OCC(=O)N2CCN(CCOc3cccnc3)CC2)cc1. The van der Waals surface area contributed by atoms with Crippen LogP contribution in [0.1, 0.15) is 0 Å². The Kier molecular flexibility index (Phi) is 6.87. The minimum Gasteiger partial charge on any atom is -0.497 e. The molecule has 27 heavy (non-hydrogen) atoms. The van der Waals surface area contributed by atoms with E-state index in [9.17, 15) is 4.79 Å². The Balaban J connectivity index is 1.33. The van der Waals surface area contributed by atoms with Crippen LogP contribution in [0.5, 0.6) is 17.2 Å². The zero-order valence-corrected chi connectivity index (χ0v) is 15.5. The summed E-state index contributed by atoms with van der Waals surface area (Å²) in [5.74, 6) is 2.21. The van der Waals surface area contributed by atoms with Crippen molar-refractivity contribution in [2.45, 2.75) is 0 Å². The van der Waals surface area contributed by atoms with Crippen molar-refractivity contribution in [3.63, 3.8) is 0 Å². The van der Waals surface area contributed by atoms with E-state index in [1.807, 2.05) is 29.2 Å². The molecular formula is C20H25N3O4. The fourth-order valence-electron chi connectivity index (χ4n) is 2.85. The number of amides is 1. The molecule has 1 aromatic carbocycles. The van der Waals surface area contributed by atoms with Crippen LogP contribution in [0.2, 0.25) is 0 Å². The average Bonchev–Trinajstić information content (AvgIpc) is 2.73. The first-order chi connectivity index (χ1) is 13.2. The number of carbonyl (C=O) groups is 1. The van der Waals surface area contributed by atoms with Crippen molar-refractivity contribution in [2.24, 2.45) is 0 Å². The molecule has 1 amide bonds. The summed E-state index contributed by atoms with van der Waals surface area (Å²) < 4.78 is 16.4. The van der Waals surface area contributed by atoms with Gasteiger partial charge in [-0.05, 0) is 36.4 Å². The number of pyridine rings is 1. The van der Waals surface area contributed by atoms with Crippen molar-refractivity contribution in [3.8, 4) is 17.2 Å². The Labute approximate surface area is 159 Å². The number of piperazine rings is 1. The van der Waals surface area contributed by atoms with Gasteiger partial charge in [0.25, 0.3) is 5.91 Å². The van der Waals surface area contributed by atoms with Crippen molar-refractivity contribution < 1.29 is 19.0 Å². The van der Waals surface area contributed by atoms with Gasteiger partial charge in [0.15, 0.2) is 6.61 Å². The summed E-state index contributed by atoms with van der Waals surface area (Å²) in [6.45, 7) is 4.58. The first-order valence-electron chi connectivity index (χ1n) is 9.04. The molecule has 3 rings (SSSR count). The summed E-state index contributed by atoms with van der Waals surface area (Å²) in [5.41, 5.74) is 0. The molecule has 0 aliphatic carbocycles. The third kappa shape index (κ3) is 5.86. The van der Waals surface area contributed by atoms with Gasteiger partial charge < -0.3 is 19.1 Å². The van der Waals surface area contributed by atoms with Gasteiger partial charge in [0, 0.05) is 38.9 Å². The highest BCUT2D eigenvalue weighted by molar-refractivity contribution is 5.77. The van der Waals surface area contributed by atoms with Gasteiger partial charge in [-0.25, -0.2) is 0 Å². The summed E-state index contributed by atoms with van der Waals surface area (Å²) >= 11 is 0. The second-order valence-corrected chi connectivity index (χ2v) is 6.22. The Bertz CT molecular complexity index is 701. The standard InChI is InChI=1S/C20H25N3O4/c1-25-17-4-6-18(7-5-17)27-16-20(24)23-11-9-22(10-12-23)13-14-26-19-3-2-8-21-15-19/h2-8,15H,9-14,16H2,1H3. The van der Waals surface area contributed by atoms with E-state index in [4.69, 9.17) is 14.2 Å². The van der Waals surface area contributed by atoms with E-state index in [2.05, 4.69) is 9.88 Å². The van der Waals surface area contributed by atoms with Gasteiger partial charge >= 0.3 is 0 Å². The maximum absolute atomic E-state index is 12.3. The van der Waals surface area contributed by atoms with Crippen LogP contribution in [0.4, 0.5) is 0 Å². The number of ether oxygens (including phenoxy) is 3. The molecule has 1 aliphatic rings. The van der Waals surface area contributed by atoms with E-state index >= 15 is 0 Å². The van der Waals surface area contributed by atoms with Gasteiger partial charge in [-0.3, -0.25) is 14.7 Å². The van der Waals surface area contributed by atoms with E-state index in [1.54, 1.807) is 31.6 Å². The second kappa shape index (κ2) is 9.78. The highest BCUT2D eigenvalue weighted by Crippen LogP contribution is 2.17. The third-order valence-corrected chi connectivity index (χ3v) is 4.46. The summed E-state index contributed by atoms with van der Waals surface area (Å²) in [6, 6.07) is 11.0. The maximum atomic E-state index is 12.3. The van der Waals surface area contributed by atoms with Crippen LogP contribution in [-0.4, -0.2) is 73.7 Å². The number of rotatable bonds is 8. The molecule has 1 fully saturated rings. The molecule has 0 atom stereocenters. The van der Waals surface area contributed by atoms with Gasteiger partial charge in [0.1, 0.15) is 23.9 Å². The molecule has 1 aromatic heterocycles. The molecule has 2 aromatic rings. The average molecular weight is 371 g/mol. The van der Waals surface area contributed by atoms with Gasteiger partial charge in [-0.1, -0.05) is 0 Å². The first kappa shape index (κ1) is 19.0. The van der Waals surface area contributed by atoms with Crippen LogP contribution < -0.4 is 14.2 Å². The molecule has 0 N–H and O–H groups in total.